The van der Waals surface area contributed by atoms with Crippen LogP contribution in [0.4, 0.5) is 0 Å². The van der Waals surface area contributed by atoms with Gasteiger partial charge in [0.2, 0.25) is 5.91 Å². The number of nitrogens with zero attached hydrogens (tertiary/aromatic N) is 2. The van der Waals surface area contributed by atoms with Crippen LogP contribution in [0.2, 0.25) is 0 Å². The maximum Gasteiger partial charge on any atom is 0.223 e. The normalized spacial score (nSPS) is 11.6. The number of amides is 1. The molecule has 2 rings (SSSR count). The van der Waals surface area contributed by atoms with Gasteiger partial charge < -0.3 is 14.2 Å². The number of methoxy groups -OCH3 is 1. The van der Waals surface area contributed by atoms with Gasteiger partial charge in [0, 0.05) is 38.5 Å². The zero-order chi connectivity index (χ0) is 19.2. The highest BCUT2D eigenvalue weighted by Gasteiger charge is 2.22. The lowest BCUT2D eigenvalue weighted by atomic mass is 9.91. The van der Waals surface area contributed by atoms with E-state index in [4.69, 9.17) is 4.74 Å². The third kappa shape index (κ3) is 6.34. The highest BCUT2D eigenvalue weighted by Crippen LogP contribution is 2.21. The van der Waals surface area contributed by atoms with Gasteiger partial charge in [0.15, 0.2) is 0 Å². The first-order valence-corrected chi connectivity index (χ1v) is 9.25. The Hall–Kier alpha value is -2.07. The molecule has 1 aromatic heterocycles. The largest absolute Gasteiger partial charge is 0.383 e. The van der Waals surface area contributed by atoms with Gasteiger partial charge in [-0.15, -0.1) is 0 Å². The van der Waals surface area contributed by atoms with E-state index in [1.165, 1.54) is 11.1 Å². The predicted octanol–water partition coefficient (Wildman–Crippen LogP) is 4.26. The Labute approximate surface area is 157 Å². The van der Waals surface area contributed by atoms with Crippen LogP contribution in [0.15, 0.2) is 42.6 Å². The second kappa shape index (κ2) is 9.04. The lowest BCUT2D eigenvalue weighted by molar-refractivity contribution is -0.134. The molecule has 0 aliphatic rings. The number of aromatic nitrogens is 1. The first kappa shape index (κ1) is 20.2. The Morgan fingerprint density at radius 3 is 2.62 bits per heavy atom. The van der Waals surface area contributed by atoms with Gasteiger partial charge in [0.1, 0.15) is 0 Å². The maximum atomic E-state index is 12.8. The molecule has 0 spiro atoms. The summed E-state index contributed by atoms with van der Waals surface area (Å²) in [7, 11) is 1.67. The Morgan fingerprint density at radius 1 is 1.19 bits per heavy atom. The lowest BCUT2D eigenvalue weighted by Gasteiger charge is -2.27. The number of rotatable bonds is 8. The molecule has 4 nitrogen and oxygen atoms in total. The van der Waals surface area contributed by atoms with E-state index < -0.39 is 0 Å². The summed E-state index contributed by atoms with van der Waals surface area (Å²) in [5.74, 6) is 0.179. The summed E-state index contributed by atoms with van der Waals surface area (Å²) in [6.07, 6.45) is 2.62. The van der Waals surface area contributed by atoms with Gasteiger partial charge in [-0.3, -0.25) is 4.79 Å². The second-order valence-electron chi connectivity index (χ2n) is 8.16. The molecule has 0 aliphatic carbocycles. The van der Waals surface area contributed by atoms with E-state index in [1.54, 1.807) is 7.11 Å². The van der Waals surface area contributed by atoms with Gasteiger partial charge in [0.25, 0.3) is 0 Å². The second-order valence-corrected chi connectivity index (χ2v) is 8.16. The summed E-state index contributed by atoms with van der Waals surface area (Å²) in [6.45, 7) is 11.0. The van der Waals surface area contributed by atoms with Crippen LogP contribution in [0.3, 0.4) is 0 Å². The Bertz CT molecular complexity index is 713. The molecule has 0 radical (unpaired) electrons. The molecule has 2 aromatic rings. The molecule has 1 amide bonds. The molecule has 0 bridgehead atoms. The van der Waals surface area contributed by atoms with Crippen molar-refractivity contribution in [2.24, 2.45) is 5.41 Å². The minimum atomic E-state index is -0.0219. The highest BCUT2D eigenvalue weighted by atomic mass is 16.5. The third-order valence-corrected chi connectivity index (χ3v) is 4.31. The molecule has 0 N–H and O–H groups in total. The molecular weight excluding hydrogens is 324 g/mol. The van der Waals surface area contributed by atoms with Gasteiger partial charge in [-0.2, -0.15) is 0 Å². The van der Waals surface area contributed by atoms with Crippen molar-refractivity contribution in [3.8, 4) is 0 Å². The standard InChI is InChI=1S/C22H32N2O2/c1-18-8-6-9-19(14-18)16-23-11-7-10-20(23)17-24(12-13-26-5)21(25)15-22(2,3)4/h6-11,14H,12-13,15-17H2,1-5H3. The van der Waals surface area contributed by atoms with Gasteiger partial charge >= 0.3 is 0 Å². The average Bonchev–Trinajstić information content (AvgIpc) is 2.96. The Morgan fingerprint density at radius 2 is 1.96 bits per heavy atom. The summed E-state index contributed by atoms with van der Waals surface area (Å²) < 4.78 is 7.43. The van der Waals surface area contributed by atoms with Crippen molar-refractivity contribution in [2.75, 3.05) is 20.3 Å². The van der Waals surface area contributed by atoms with Crippen molar-refractivity contribution >= 4 is 5.91 Å². The first-order chi connectivity index (χ1) is 12.3. The SMILES string of the molecule is COCCN(Cc1cccn1Cc1cccc(C)c1)C(=O)CC(C)(C)C. The van der Waals surface area contributed by atoms with Crippen molar-refractivity contribution in [3.05, 3.63) is 59.4 Å². The number of carbonyl (C=O) groups excluding carboxylic acids is 1. The number of ether oxygens (including phenoxy) is 1. The highest BCUT2D eigenvalue weighted by molar-refractivity contribution is 5.76. The molecule has 0 saturated heterocycles. The van der Waals surface area contributed by atoms with Crippen LogP contribution in [0.1, 0.15) is 44.0 Å². The van der Waals surface area contributed by atoms with Crippen LogP contribution < -0.4 is 0 Å². The van der Waals surface area contributed by atoms with Crippen LogP contribution in [0, 0.1) is 12.3 Å². The van der Waals surface area contributed by atoms with Crippen LogP contribution in [-0.4, -0.2) is 35.6 Å². The fraction of sp³-hybridized carbons (Fsp3) is 0.500. The molecule has 1 heterocycles. The molecule has 1 aromatic carbocycles. The summed E-state index contributed by atoms with van der Waals surface area (Å²) in [5, 5.41) is 0. The molecule has 142 valence electrons. The minimum Gasteiger partial charge on any atom is -0.383 e. The first-order valence-electron chi connectivity index (χ1n) is 9.25. The van der Waals surface area contributed by atoms with E-state index in [1.807, 2.05) is 11.0 Å². The maximum absolute atomic E-state index is 12.8. The number of carbonyl (C=O) groups is 1. The van der Waals surface area contributed by atoms with Crippen molar-refractivity contribution in [1.29, 1.82) is 0 Å². The summed E-state index contributed by atoms with van der Waals surface area (Å²) in [6, 6.07) is 12.7. The summed E-state index contributed by atoms with van der Waals surface area (Å²) in [4.78, 5) is 14.7. The zero-order valence-corrected chi connectivity index (χ0v) is 16.8. The molecule has 0 aliphatic heterocycles. The summed E-state index contributed by atoms with van der Waals surface area (Å²) >= 11 is 0. The molecule has 0 fully saturated rings. The lowest BCUT2D eigenvalue weighted by Crippen LogP contribution is -2.36. The van der Waals surface area contributed by atoms with Crippen molar-refractivity contribution in [3.63, 3.8) is 0 Å². The van der Waals surface area contributed by atoms with Gasteiger partial charge in [0.05, 0.1) is 13.2 Å². The topological polar surface area (TPSA) is 34.5 Å². The van der Waals surface area contributed by atoms with Crippen LogP contribution in [0.5, 0.6) is 0 Å². The van der Waals surface area contributed by atoms with Crippen LogP contribution >= 0.6 is 0 Å². The minimum absolute atomic E-state index is 0.0219. The van der Waals surface area contributed by atoms with Crippen LogP contribution in [0.25, 0.3) is 0 Å². The van der Waals surface area contributed by atoms with E-state index >= 15 is 0 Å². The molecule has 0 saturated carbocycles. The molecule has 4 heteroatoms. The van der Waals surface area contributed by atoms with Gasteiger partial charge in [-0.25, -0.2) is 0 Å². The quantitative estimate of drug-likeness (QED) is 0.708. The van der Waals surface area contributed by atoms with Gasteiger partial charge in [-0.1, -0.05) is 50.6 Å². The molecule has 0 atom stereocenters. The number of benzene rings is 1. The van der Waals surface area contributed by atoms with Crippen molar-refractivity contribution < 1.29 is 9.53 Å². The predicted molar refractivity (Wildman–Crippen MR) is 106 cm³/mol. The van der Waals surface area contributed by atoms with E-state index in [-0.39, 0.29) is 11.3 Å². The monoisotopic (exact) mass is 356 g/mol. The summed E-state index contributed by atoms with van der Waals surface area (Å²) in [5.41, 5.74) is 3.65. The Balaban J connectivity index is 2.13. The average molecular weight is 357 g/mol. The van der Waals surface area contributed by atoms with Crippen LogP contribution in [-0.2, 0) is 22.6 Å². The zero-order valence-electron chi connectivity index (χ0n) is 16.8. The molecule has 26 heavy (non-hydrogen) atoms. The molecular formula is C22H32N2O2. The van der Waals surface area contributed by atoms with Crippen molar-refractivity contribution in [1.82, 2.24) is 9.47 Å². The third-order valence-electron chi connectivity index (χ3n) is 4.31. The smallest absolute Gasteiger partial charge is 0.223 e. The van der Waals surface area contributed by atoms with E-state index in [0.29, 0.717) is 26.1 Å². The van der Waals surface area contributed by atoms with E-state index in [9.17, 15) is 4.79 Å². The number of aryl methyl sites for hydroxylation is 1. The fourth-order valence-corrected chi connectivity index (χ4v) is 3.01. The van der Waals surface area contributed by atoms with Gasteiger partial charge in [-0.05, 0) is 30.0 Å². The number of hydrogen-bond acceptors (Lipinski definition) is 2. The van der Waals surface area contributed by atoms with E-state index in [2.05, 4.69) is 68.8 Å². The molecule has 0 unspecified atom stereocenters. The number of hydrogen-bond donors (Lipinski definition) is 0. The van der Waals surface area contributed by atoms with Crippen molar-refractivity contribution in [2.45, 2.75) is 47.2 Å². The Kier molecular flexibility index (Phi) is 7.04. The van der Waals surface area contributed by atoms with E-state index in [0.717, 1.165) is 12.2 Å². The fourth-order valence-electron chi connectivity index (χ4n) is 3.01.